The molecular formula is C38H24N4S2. The zero-order valence-corrected chi connectivity index (χ0v) is 25.1. The first-order valence-corrected chi connectivity index (χ1v) is 16.1. The van der Waals surface area contributed by atoms with Crippen LogP contribution in [0, 0.1) is 0 Å². The van der Waals surface area contributed by atoms with Crippen LogP contribution in [-0.4, -0.2) is 14.5 Å². The van der Waals surface area contributed by atoms with Gasteiger partial charge in [0.2, 0.25) is 0 Å². The summed E-state index contributed by atoms with van der Waals surface area (Å²) in [7, 11) is 0. The van der Waals surface area contributed by atoms with Gasteiger partial charge in [-0.1, -0.05) is 84.6 Å². The second-order valence-corrected chi connectivity index (χ2v) is 12.8. The van der Waals surface area contributed by atoms with Crippen molar-refractivity contribution < 1.29 is 0 Å². The highest BCUT2D eigenvalue weighted by molar-refractivity contribution is 7.99. The molecule has 0 radical (unpaired) electrons. The molecule has 3 heterocycles. The standard InChI is InChI=1S/C38H24N4S2/c1-3-11-25(12-4-1)37-39-29-24-36-30(23-33(29)42(37)27-13-5-2-6-14-27)40-38(44-36)26-19-21-28(22-20-26)41-31-15-7-9-17-34(31)43-35-18-10-8-16-32(35)41/h1-24H. The lowest BCUT2D eigenvalue weighted by atomic mass is 10.1. The number of nitrogens with zero attached hydrogens (tertiary/aromatic N) is 4. The van der Waals surface area contributed by atoms with Crippen LogP contribution in [0.4, 0.5) is 17.1 Å². The topological polar surface area (TPSA) is 34.0 Å². The first kappa shape index (κ1) is 25.3. The van der Waals surface area contributed by atoms with E-state index in [9.17, 15) is 0 Å². The van der Waals surface area contributed by atoms with Gasteiger partial charge in [0.05, 0.1) is 32.6 Å². The van der Waals surface area contributed by atoms with Gasteiger partial charge in [0.25, 0.3) is 0 Å². The number of fused-ring (bicyclic) bond motifs is 4. The van der Waals surface area contributed by atoms with Crippen LogP contribution in [0.3, 0.4) is 0 Å². The monoisotopic (exact) mass is 600 g/mol. The SMILES string of the molecule is c1ccc(-c2nc3cc4sc(-c5ccc(N6c7ccccc7Sc7ccccc76)cc5)nc4cc3n2-c2ccccc2)cc1. The molecule has 1 aliphatic rings. The van der Waals surface area contributed by atoms with E-state index in [0.717, 1.165) is 54.6 Å². The molecule has 6 aromatic carbocycles. The zero-order valence-electron chi connectivity index (χ0n) is 23.5. The molecule has 0 unspecified atom stereocenters. The Hall–Kier alpha value is -5.17. The predicted octanol–water partition coefficient (Wildman–Crippen LogP) is 10.9. The van der Waals surface area contributed by atoms with Crippen LogP contribution in [0.2, 0.25) is 0 Å². The van der Waals surface area contributed by atoms with Crippen molar-refractivity contribution in [1.29, 1.82) is 0 Å². The van der Waals surface area contributed by atoms with Gasteiger partial charge >= 0.3 is 0 Å². The Bertz CT molecular complexity index is 2260. The molecule has 0 aliphatic carbocycles. The molecule has 6 heteroatoms. The number of imidazole rings is 1. The number of para-hydroxylation sites is 3. The van der Waals surface area contributed by atoms with Crippen molar-refractivity contribution in [2.45, 2.75) is 9.79 Å². The molecule has 208 valence electrons. The average Bonchev–Trinajstić information content (AvgIpc) is 3.68. The van der Waals surface area contributed by atoms with Gasteiger partial charge < -0.3 is 4.90 Å². The average molecular weight is 601 g/mol. The molecule has 9 rings (SSSR count). The Kier molecular flexibility index (Phi) is 5.89. The largest absolute Gasteiger partial charge is 0.308 e. The molecule has 44 heavy (non-hydrogen) atoms. The molecule has 0 saturated carbocycles. The fraction of sp³-hybridized carbons (Fsp3) is 0. The summed E-state index contributed by atoms with van der Waals surface area (Å²) in [6.45, 7) is 0. The number of benzene rings is 6. The van der Waals surface area contributed by atoms with Gasteiger partial charge in [-0.25, -0.2) is 9.97 Å². The third-order valence-electron chi connectivity index (χ3n) is 8.01. The van der Waals surface area contributed by atoms with Gasteiger partial charge in [-0.15, -0.1) is 11.3 Å². The van der Waals surface area contributed by atoms with E-state index in [1.807, 2.05) is 23.9 Å². The molecule has 0 spiro atoms. The van der Waals surface area contributed by atoms with E-state index in [-0.39, 0.29) is 0 Å². The number of hydrogen-bond donors (Lipinski definition) is 0. The van der Waals surface area contributed by atoms with Crippen LogP contribution in [0.25, 0.3) is 48.9 Å². The minimum absolute atomic E-state index is 0.930. The fourth-order valence-electron chi connectivity index (χ4n) is 5.98. The molecule has 0 amide bonds. The summed E-state index contributed by atoms with van der Waals surface area (Å²) in [5.41, 5.74) is 9.82. The third kappa shape index (κ3) is 4.14. The second-order valence-electron chi connectivity index (χ2n) is 10.7. The molecular weight excluding hydrogens is 577 g/mol. The van der Waals surface area contributed by atoms with Crippen LogP contribution in [0.15, 0.2) is 155 Å². The quantitative estimate of drug-likeness (QED) is 0.201. The number of thiazole rings is 1. The van der Waals surface area contributed by atoms with Crippen LogP contribution in [0.1, 0.15) is 0 Å². The Morgan fingerprint density at radius 3 is 1.84 bits per heavy atom. The lowest BCUT2D eigenvalue weighted by Crippen LogP contribution is -2.14. The zero-order chi connectivity index (χ0) is 29.0. The Balaban J connectivity index is 1.13. The van der Waals surface area contributed by atoms with Gasteiger partial charge in [0.1, 0.15) is 10.8 Å². The van der Waals surface area contributed by atoms with Crippen molar-refractivity contribution in [3.8, 4) is 27.6 Å². The van der Waals surface area contributed by atoms with Crippen molar-refractivity contribution in [1.82, 2.24) is 14.5 Å². The smallest absolute Gasteiger partial charge is 0.145 e. The van der Waals surface area contributed by atoms with E-state index < -0.39 is 0 Å². The van der Waals surface area contributed by atoms with E-state index in [1.165, 1.54) is 21.2 Å². The summed E-state index contributed by atoms with van der Waals surface area (Å²) in [4.78, 5) is 15.1. The van der Waals surface area contributed by atoms with Crippen molar-refractivity contribution in [2.75, 3.05) is 4.90 Å². The molecule has 0 saturated heterocycles. The second kappa shape index (κ2) is 10.2. The first-order chi connectivity index (χ1) is 21.8. The molecule has 0 N–H and O–H groups in total. The summed E-state index contributed by atoms with van der Waals surface area (Å²) in [6, 6.07) is 51.2. The van der Waals surface area contributed by atoms with E-state index in [0.29, 0.717) is 0 Å². The van der Waals surface area contributed by atoms with Crippen LogP contribution in [0.5, 0.6) is 0 Å². The number of anilines is 3. The Labute approximate surface area is 262 Å². The predicted molar refractivity (Wildman–Crippen MR) is 184 cm³/mol. The summed E-state index contributed by atoms with van der Waals surface area (Å²) >= 11 is 3.54. The molecule has 0 bridgehead atoms. The highest BCUT2D eigenvalue weighted by atomic mass is 32.2. The van der Waals surface area contributed by atoms with E-state index in [2.05, 4.69) is 143 Å². The van der Waals surface area contributed by atoms with Gasteiger partial charge in [-0.05, 0) is 72.8 Å². The lowest BCUT2D eigenvalue weighted by Gasteiger charge is -2.32. The van der Waals surface area contributed by atoms with E-state index in [1.54, 1.807) is 11.3 Å². The maximum atomic E-state index is 5.13. The number of hydrogen-bond acceptors (Lipinski definition) is 5. The minimum atomic E-state index is 0.930. The summed E-state index contributed by atoms with van der Waals surface area (Å²) in [5.74, 6) is 0.930. The molecule has 4 nitrogen and oxygen atoms in total. The maximum Gasteiger partial charge on any atom is 0.145 e. The van der Waals surface area contributed by atoms with Crippen molar-refractivity contribution >= 4 is 61.4 Å². The summed E-state index contributed by atoms with van der Waals surface area (Å²) in [6.07, 6.45) is 0. The third-order valence-corrected chi connectivity index (χ3v) is 10.2. The van der Waals surface area contributed by atoms with Crippen molar-refractivity contribution in [3.05, 3.63) is 146 Å². The van der Waals surface area contributed by atoms with Gasteiger partial charge in [-0.3, -0.25) is 4.57 Å². The molecule has 8 aromatic rings. The van der Waals surface area contributed by atoms with E-state index in [4.69, 9.17) is 9.97 Å². The Morgan fingerprint density at radius 2 is 1.14 bits per heavy atom. The first-order valence-electron chi connectivity index (χ1n) is 14.5. The minimum Gasteiger partial charge on any atom is -0.308 e. The number of aromatic nitrogens is 3. The highest BCUT2D eigenvalue weighted by Crippen LogP contribution is 2.51. The summed E-state index contributed by atoms with van der Waals surface area (Å²) < 4.78 is 3.37. The van der Waals surface area contributed by atoms with Gasteiger partial charge in [-0.2, -0.15) is 0 Å². The number of rotatable bonds is 4. The highest BCUT2D eigenvalue weighted by Gasteiger charge is 2.24. The van der Waals surface area contributed by atoms with Gasteiger partial charge in [0.15, 0.2) is 0 Å². The van der Waals surface area contributed by atoms with Crippen LogP contribution < -0.4 is 4.90 Å². The van der Waals surface area contributed by atoms with Crippen molar-refractivity contribution in [2.24, 2.45) is 0 Å². The van der Waals surface area contributed by atoms with Crippen molar-refractivity contribution in [3.63, 3.8) is 0 Å². The fourth-order valence-corrected chi connectivity index (χ4v) is 8.02. The Morgan fingerprint density at radius 1 is 0.500 bits per heavy atom. The normalized spacial score (nSPS) is 12.4. The van der Waals surface area contributed by atoms with Crippen LogP contribution in [-0.2, 0) is 0 Å². The molecule has 0 atom stereocenters. The molecule has 2 aromatic heterocycles. The maximum absolute atomic E-state index is 5.13. The molecule has 1 aliphatic heterocycles. The van der Waals surface area contributed by atoms with Crippen LogP contribution >= 0.6 is 23.1 Å². The molecule has 0 fully saturated rings. The van der Waals surface area contributed by atoms with E-state index >= 15 is 0 Å². The van der Waals surface area contributed by atoms with Gasteiger partial charge in [0, 0.05) is 32.3 Å². The summed E-state index contributed by atoms with van der Waals surface area (Å²) in [5, 5.41) is 1.00. The lowest BCUT2D eigenvalue weighted by molar-refractivity contribution is 1.10.